The zero-order valence-electron chi connectivity index (χ0n) is 7.36. The highest BCUT2D eigenvalue weighted by atomic mass is 35.5. The Labute approximate surface area is 112 Å². The van der Waals surface area contributed by atoms with Crippen LogP contribution in [-0.2, 0) is 0 Å². The molecule has 0 fully saturated rings. The molecule has 0 unspecified atom stereocenters. The van der Waals surface area contributed by atoms with Crippen LogP contribution in [0.5, 0.6) is 0 Å². The summed E-state index contributed by atoms with van der Waals surface area (Å²) in [5, 5.41) is 12.5. The van der Waals surface area contributed by atoms with Crippen LogP contribution in [0.1, 0.15) is 5.56 Å². The molecule has 3 nitrogen and oxygen atoms in total. The summed E-state index contributed by atoms with van der Waals surface area (Å²) in [7, 11) is 0. The minimum absolute atomic E-state index is 0. The summed E-state index contributed by atoms with van der Waals surface area (Å²) < 4.78 is 1.72. The van der Waals surface area contributed by atoms with Gasteiger partial charge in [0, 0.05) is 6.20 Å². The van der Waals surface area contributed by atoms with Gasteiger partial charge in [-0.3, -0.25) is 0 Å². The molecule has 0 amide bonds. The van der Waals surface area contributed by atoms with Gasteiger partial charge in [-0.2, -0.15) is 10.4 Å². The fourth-order valence-corrected chi connectivity index (χ4v) is 0.987. The Morgan fingerprint density at radius 2 is 1.87 bits per heavy atom. The van der Waals surface area contributed by atoms with Crippen LogP contribution in [0.2, 0.25) is 0 Å². The van der Waals surface area contributed by atoms with Crippen molar-refractivity contribution in [1.29, 1.82) is 5.26 Å². The first-order chi connectivity index (χ1) is 5.40. The van der Waals surface area contributed by atoms with E-state index in [1.54, 1.807) is 16.8 Å². The molecule has 7 heteroatoms. The smallest absolute Gasteiger partial charge is 0.101 e. The maximum absolute atomic E-state index is 8.54. The van der Waals surface area contributed by atoms with Crippen LogP contribution in [0.3, 0.4) is 0 Å². The minimum atomic E-state index is 0. The van der Waals surface area contributed by atoms with Gasteiger partial charge in [0.25, 0.3) is 0 Å². The number of hydrogen-bond donors (Lipinski definition) is 0. The van der Waals surface area contributed by atoms with Gasteiger partial charge in [0.05, 0.1) is 17.3 Å². The van der Waals surface area contributed by atoms with Crippen molar-refractivity contribution in [1.82, 2.24) is 9.61 Å². The summed E-state index contributed by atoms with van der Waals surface area (Å²) >= 11 is 0. The average Bonchev–Trinajstić information content (AvgIpc) is 2.50. The van der Waals surface area contributed by atoms with Crippen molar-refractivity contribution in [3.05, 3.63) is 36.2 Å². The first-order valence-corrected chi connectivity index (χ1v) is 3.23. The molecule has 0 spiro atoms. The Bertz CT molecular complexity index is 435. The summed E-state index contributed by atoms with van der Waals surface area (Å²) in [4.78, 5) is 0. The van der Waals surface area contributed by atoms with E-state index in [1.807, 2.05) is 24.4 Å². The third-order valence-corrected chi connectivity index (χ3v) is 1.51. The van der Waals surface area contributed by atoms with Gasteiger partial charge in [0.15, 0.2) is 0 Å². The number of halogens is 4. The number of nitriles is 1. The third kappa shape index (κ3) is 4.15. The predicted molar refractivity (Wildman–Crippen MR) is 68.9 cm³/mol. The van der Waals surface area contributed by atoms with E-state index in [2.05, 4.69) is 5.10 Å². The summed E-state index contributed by atoms with van der Waals surface area (Å²) in [5.74, 6) is 0. The maximum Gasteiger partial charge on any atom is 0.101 e. The lowest BCUT2D eigenvalue weighted by Gasteiger charge is -1.91. The maximum atomic E-state index is 8.54. The Kier molecular flexibility index (Phi) is 11.4. The number of hydrogen-bond acceptors (Lipinski definition) is 2. The van der Waals surface area contributed by atoms with Gasteiger partial charge in [-0.05, 0) is 18.2 Å². The number of fused-ring (bicyclic) bond motifs is 1. The minimum Gasteiger partial charge on any atom is -0.241 e. The van der Waals surface area contributed by atoms with Crippen LogP contribution < -0.4 is 0 Å². The quantitative estimate of drug-likeness (QED) is 0.748. The molecule has 0 N–H and O–H groups in total. The molecule has 0 bridgehead atoms. The van der Waals surface area contributed by atoms with Crippen LogP contribution in [0.15, 0.2) is 30.6 Å². The normalized spacial score (nSPS) is 7.13. The highest BCUT2D eigenvalue weighted by molar-refractivity contribution is 5.86. The fourth-order valence-electron chi connectivity index (χ4n) is 0.987. The number of aromatic nitrogens is 2. The molecule has 0 atom stereocenters. The lowest BCUT2D eigenvalue weighted by atomic mass is 10.3. The van der Waals surface area contributed by atoms with Gasteiger partial charge in [0.2, 0.25) is 0 Å². The van der Waals surface area contributed by atoms with Gasteiger partial charge in [-0.15, -0.1) is 49.6 Å². The third-order valence-electron chi connectivity index (χ3n) is 1.51. The van der Waals surface area contributed by atoms with E-state index in [-0.39, 0.29) is 49.6 Å². The number of nitrogens with zero attached hydrogens (tertiary/aromatic N) is 3. The van der Waals surface area contributed by atoms with Gasteiger partial charge in [-0.1, -0.05) is 0 Å². The molecule has 0 saturated carbocycles. The second-order valence-corrected chi connectivity index (χ2v) is 2.23. The second-order valence-electron chi connectivity index (χ2n) is 2.23. The van der Waals surface area contributed by atoms with E-state index in [1.165, 1.54) is 0 Å². The van der Waals surface area contributed by atoms with Crippen LogP contribution in [0, 0.1) is 11.3 Å². The summed E-state index contributed by atoms with van der Waals surface area (Å²) in [6.07, 6.45) is 3.39. The fraction of sp³-hybridized carbons (Fsp3) is 0. The Morgan fingerprint density at radius 3 is 2.47 bits per heavy atom. The summed E-state index contributed by atoms with van der Waals surface area (Å²) in [6, 6.07) is 7.63. The zero-order chi connectivity index (χ0) is 7.68. The van der Waals surface area contributed by atoms with Crippen molar-refractivity contribution in [3.8, 4) is 6.07 Å². The molecule has 0 aromatic carbocycles. The molecular weight excluding hydrogens is 280 g/mol. The first kappa shape index (κ1) is 19.8. The van der Waals surface area contributed by atoms with Gasteiger partial charge >= 0.3 is 0 Å². The Balaban J connectivity index is -0.000000360. The molecule has 0 saturated heterocycles. The Morgan fingerprint density at radius 1 is 1.20 bits per heavy atom. The van der Waals surface area contributed by atoms with E-state index in [4.69, 9.17) is 5.26 Å². The molecule has 0 radical (unpaired) electrons. The number of rotatable bonds is 0. The van der Waals surface area contributed by atoms with Gasteiger partial charge in [-0.25, -0.2) is 4.52 Å². The van der Waals surface area contributed by atoms with Crippen molar-refractivity contribution in [2.75, 3.05) is 0 Å². The largest absolute Gasteiger partial charge is 0.241 e. The molecule has 0 aliphatic rings. The van der Waals surface area contributed by atoms with Crippen molar-refractivity contribution in [3.63, 3.8) is 0 Å². The SMILES string of the molecule is Cl.Cl.Cl.Cl.N#Cc1cnn2cccc2c1. The molecule has 2 heterocycles. The molecule has 15 heavy (non-hydrogen) atoms. The molecule has 0 aliphatic carbocycles. The van der Waals surface area contributed by atoms with E-state index >= 15 is 0 Å². The van der Waals surface area contributed by atoms with E-state index in [9.17, 15) is 0 Å². The van der Waals surface area contributed by atoms with Crippen molar-refractivity contribution in [2.24, 2.45) is 0 Å². The highest BCUT2D eigenvalue weighted by Crippen LogP contribution is 2.03. The standard InChI is InChI=1S/C8H5N3.4ClH/c9-5-7-4-8-2-1-3-11(8)10-6-7;;;;/h1-4,6H;4*1H. The van der Waals surface area contributed by atoms with Crippen molar-refractivity contribution in [2.45, 2.75) is 0 Å². The second kappa shape index (κ2) is 8.63. The van der Waals surface area contributed by atoms with Crippen molar-refractivity contribution >= 4 is 55.1 Å². The highest BCUT2D eigenvalue weighted by Gasteiger charge is 1.93. The molecule has 2 rings (SSSR count). The van der Waals surface area contributed by atoms with Gasteiger partial charge < -0.3 is 0 Å². The van der Waals surface area contributed by atoms with Crippen LogP contribution >= 0.6 is 49.6 Å². The molecule has 0 aliphatic heterocycles. The topological polar surface area (TPSA) is 41.1 Å². The lowest BCUT2D eigenvalue weighted by Crippen LogP contribution is -1.88. The monoisotopic (exact) mass is 287 g/mol. The van der Waals surface area contributed by atoms with Crippen LogP contribution in [0.4, 0.5) is 0 Å². The molecule has 84 valence electrons. The van der Waals surface area contributed by atoms with Gasteiger partial charge in [0.1, 0.15) is 6.07 Å². The molecule has 2 aromatic rings. The van der Waals surface area contributed by atoms with Crippen molar-refractivity contribution < 1.29 is 0 Å². The lowest BCUT2D eigenvalue weighted by molar-refractivity contribution is 0.937. The summed E-state index contributed by atoms with van der Waals surface area (Å²) in [6.45, 7) is 0. The van der Waals surface area contributed by atoms with E-state index in [0.717, 1.165) is 5.52 Å². The average molecular weight is 289 g/mol. The zero-order valence-corrected chi connectivity index (χ0v) is 10.6. The molecule has 2 aromatic heterocycles. The summed E-state index contributed by atoms with van der Waals surface area (Å²) in [5.41, 5.74) is 1.54. The molecular formula is C8H9Cl4N3. The van der Waals surface area contributed by atoms with Crippen LogP contribution in [-0.4, -0.2) is 9.61 Å². The van der Waals surface area contributed by atoms with E-state index in [0.29, 0.717) is 5.56 Å². The first-order valence-electron chi connectivity index (χ1n) is 3.23. The Hall–Kier alpha value is -0.660. The van der Waals surface area contributed by atoms with Crippen LogP contribution in [0.25, 0.3) is 5.52 Å². The predicted octanol–water partition coefficient (Wildman–Crippen LogP) is 2.89. The van der Waals surface area contributed by atoms with E-state index < -0.39 is 0 Å².